The van der Waals surface area contributed by atoms with Gasteiger partial charge in [-0.25, -0.2) is 0 Å². The lowest BCUT2D eigenvalue weighted by molar-refractivity contribution is 0.712. The molecule has 3 rings (SSSR count). The number of aromatic amines is 1. The van der Waals surface area contributed by atoms with E-state index in [1.54, 1.807) is 0 Å². The highest BCUT2D eigenvalue weighted by molar-refractivity contribution is 6.31. The Morgan fingerprint density at radius 1 is 1.47 bits per heavy atom. The zero-order valence-electron chi connectivity index (χ0n) is 10.8. The Hall–Kier alpha value is -1.68. The van der Waals surface area contributed by atoms with E-state index in [1.807, 2.05) is 18.2 Å². The first-order chi connectivity index (χ1) is 9.22. The number of hydrogen-bond acceptors (Lipinski definition) is 3. The van der Waals surface area contributed by atoms with Crippen LogP contribution in [-0.4, -0.2) is 30.1 Å². The maximum absolute atomic E-state index is 6.04. The van der Waals surface area contributed by atoms with Gasteiger partial charge in [-0.2, -0.15) is 0 Å². The van der Waals surface area contributed by atoms with E-state index in [0.717, 1.165) is 36.0 Å². The summed E-state index contributed by atoms with van der Waals surface area (Å²) in [4.78, 5) is 7.65. The van der Waals surface area contributed by atoms with Crippen LogP contribution in [-0.2, 0) is 6.42 Å². The van der Waals surface area contributed by atoms with Crippen molar-refractivity contribution in [3.05, 3.63) is 35.0 Å². The predicted molar refractivity (Wildman–Crippen MR) is 79.9 cm³/mol. The maximum Gasteiger partial charge on any atom is 0.191 e. The summed E-state index contributed by atoms with van der Waals surface area (Å²) < 4.78 is 0. The summed E-state index contributed by atoms with van der Waals surface area (Å²) >= 11 is 6.04. The molecule has 1 aromatic carbocycles. The first-order valence-electron chi connectivity index (χ1n) is 6.53. The molecule has 0 amide bonds. The third kappa shape index (κ3) is 2.68. The molecule has 1 unspecified atom stereocenters. The van der Waals surface area contributed by atoms with Crippen LogP contribution in [0.4, 0.5) is 0 Å². The first-order valence-corrected chi connectivity index (χ1v) is 6.90. The first kappa shape index (κ1) is 12.4. The molecule has 0 radical (unpaired) electrons. The second kappa shape index (κ2) is 5.13. The van der Waals surface area contributed by atoms with Crippen molar-refractivity contribution < 1.29 is 0 Å². The number of aromatic nitrogens is 1. The fraction of sp³-hybridized carbons (Fsp3) is 0.357. The average molecular weight is 277 g/mol. The standard InChI is InChI=1S/C14H17ClN4/c1-9-7-18-14(19-9)16-5-4-10-8-17-13-3-2-11(15)6-12(10)13/h2-3,6,8-9,17H,4-5,7H2,1H3,(H2,16,18,19). The van der Waals surface area contributed by atoms with Crippen LogP contribution in [0.2, 0.25) is 5.02 Å². The quantitative estimate of drug-likeness (QED) is 0.806. The Bertz CT molecular complexity index is 617. The van der Waals surface area contributed by atoms with Gasteiger partial charge in [0.2, 0.25) is 0 Å². The van der Waals surface area contributed by atoms with E-state index < -0.39 is 0 Å². The van der Waals surface area contributed by atoms with Crippen LogP contribution in [0.5, 0.6) is 0 Å². The van der Waals surface area contributed by atoms with Crippen LogP contribution in [0, 0.1) is 0 Å². The van der Waals surface area contributed by atoms with Gasteiger partial charge in [-0.15, -0.1) is 0 Å². The van der Waals surface area contributed by atoms with Crippen molar-refractivity contribution in [3.63, 3.8) is 0 Å². The molecule has 0 spiro atoms. The van der Waals surface area contributed by atoms with Crippen LogP contribution < -0.4 is 10.6 Å². The van der Waals surface area contributed by atoms with Crippen molar-refractivity contribution in [1.82, 2.24) is 15.6 Å². The van der Waals surface area contributed by atoms with Crippen LogP contribution in [0.3, 0.4) is 0 Å². The lowest BCUT2D eigenvalue weighted by atomic mass is 10.1. The number of H-pyrrole nitrogens is 1. The third-order valence-corrected chi connectivity index (χ3v) is 3.56. The molecule has 0 saturated heterocycles. The second-order valence-electron chi connectivity index (χ2n) is 4.92. The molecule has 2 aromatic rings. The average Bonchev–Trinajstić information content (AvgIpc) is 2.97. The minimum Gasteiger partial charge on any atom is -0.361 e. The summed E-state index contributed by atoms with van der Waals surface area (Å²) in [6.45, 7) is 3.84. The number of aliphatic imine (C=N–C) groups is 1. The zero-order valence-corrected chi connectivity index (χ0v) is 11.6. The van der Waals surface area contributed by atoms with Gasteiger partial charge in [0.05, 0.1) is 6.54 Å². The number of hydrogen-bond donors (Lipinski definition) is 3. The smallest absolute Gasteiger partial charge is 0.191 e. The maximum atomic E-state index is 6.04. The van der Waals surface area contributed by atoms with E-state index in [2.05, 4.69) is 33.7 Å². The van der Waals surface area contributed by atoms with Gasteiger partial charge in [0.15, 0.2) is 5.96 Å². The Labute approximate surface area is 117 Å². The second-order valence-corrected chi connectivity index (χ2v) is 5.35. The van der Waals surface area contributed by atoms with E-state index in [0.29, 0.717) is 6.04 Å². The minimum atomic E-state index is 0.439. The SMILES string of the molecule is CC1CN=C(NCCc2c[nH]c3ccc(Cl)cc23)N1. The van der Waals surface area contributed by atoms with Gasteiger partial charge in [-0.3, -0.25) is 4.99 Å². The van der Waals surface area contributed by atoms with Crippen molar-refractivity contribution in [3.8, 4) is 0 Å². The minimum absolute atomic E-state index is 0.439. The Morgan fingerprint density at radius 3 is 3.16 bits per heavy atom. The van der Waals surface area contributed by atoms with Crippen molar-refractivity contribution in [2.24, 2.45) is 4.99 Å². The molecule has 0 fully saturated rings. The van der Waals surface area contributed by atoms with Gasteiger partial charge in [0.25, 0.3) is 0 Å². The van der Waals surface area contributed by atoms with Gasteiger partial charge in [-0.05, 0) is 37.1 Å². The molecule has 1 aliphatic heterocycles. The van der Waals surface area contributed by atoms with Crippen molar-refractivity contribution in [1.29, 1.82) is 0 Å². The molecular weight excluding hydrogens is 260 g/mol. The monoisotopic (exact) mass is 276 g/mol. The van der Waals surface area contributed by atoms with Gasteiger partial charge in [-0.1, -0.05) is 11.6 Å². The van der Waals surface area contributed by atoms with Gasteiger partial charge in [0, 0.05) is 34.7 Å². The summed E-state index contributed by atoms with van der Waals surface area (Å²) in [5.41, 5.74) is 2.40. The molecule has 1 atom stereocenters. The number of guanidine groups is 1. The fourth-order valence-electron chi connectivity index (χ4n) is 2.33. The predicted octanol–water partition coefficient (Wildman–Crippen LogP) is 2.30. The molecule has 5 heteroatoms. The summed E-state index contributed by atoms with van der Waals surface area (Å²) in [6.07, 6.45) is 2.99. The topological polar surface area (TPSA) is 52.2 Å². The largest absolute Gasteiger partial charge is 0.361 e. The van der Waals surface area contributed by atoms with E-state index in [1.165, 1.54) is 10.9 Å². The molecule has 19 heavy (non-hydrogen) atoms. The Morgan fingerprint density at radius 2 is 2.37 bits per heavy atom. The fourth-order valence-corrected chi connectivity index (χ4v) is 2.50. The molecular formula is C14H17ClN4. The van der Waals surface area contributed by atoms with E-state index >= 15 is 0 Å². The number of rotatable bonds is 3. The van der Waals surface area contributed by atoms with E-state index in [9.17, 15) is 0 Å². The van der Waals surface area contributed by atoms with Crippen molar-refractivity contribution >= 4 is 28.5 Å². The van der Waals surface area contributed by atoms with E-state index in [4.69, 9.17) is 11.6 Å². The normalized spacial score (nSPS) is 18.4. The molecule has 0 bridgehead atoms. The van der Waals surface area contributed by atoms with Gasteiger partial charge >= 0.3 is 0 Å². The highest BCUT2D eigenvalue weighted by atomic mass is 35.5. The molecule has 4 nitrogen and oxygen atoms in total. The highest BCUT2D eigenvalue weighted by Crippen LogP contribution is 2.22. The summed E-state index contributed by atoms with van der Waals surface area (Å²) in [5, 5.41) is 8.58. The highest BCUT2D eigenvalue weighted by Gasteiger charge is 2.11. The Balaban J connectivity index is 1.64. The van der Waals surface area contributed by atoms with Crippen molar-refractivity contribution in [2.75, 3.05) is 13.1 Å². The Kier molecular flexibility index (Phi) is 3.34. The molecule has 100 valence electrons. The number of nitrogens with one attached hydrogen (secondary N) is 3. The van der Waals surface area contributed by atoms with Gasteiger partial charge in [0.1, 0.15) is 0 Å². The zero-order chi connectivity index (χ0) is 13.2. The number of halogens is 1. The molecule has 0 saturated carbocycles. The van der Waals surface area contributed by atoms with Gasteiger partial charge < -0.3 is 15.6 Å². The van der Waals surface area contributed by atoms with Crippen LogP contribution in [0.25, 0.3) is 10.9 Å². The number of nitrogens with zero attached hydrogens (tertiary/aromatic N) is 1. The summed E-state index contributed by atoms with van der Waals surface area (Å²) in [6, 6.07) is 6.37. The summed E-state index contributed by atoms with van der Waals surface area (Å²) in [7, 11) is 0. The molecule has 1 aromatic heterocycles. The lowest BCUT2D eigenvalue weighted by Crippen LogP contribution is -2.38. The van der Waals surface area contributed by atoms with Crippen molar-refractivity contribution in [2.45, 2.75) is 19.4 Å². The molecule has 0 aliphatic carbocycles. The molecule has 1 aliphatic rings. The number of benzene rings is 1. The van der Waals surface area contributed by atoms with E-state index in [-0.39, 0.29) is 0 Å². The molecule has 3 N–H and O–H groups in total. The van der Waals surface area contributed by atoms with Crippen LogP contribution in [0.1, 0.15) is 12.5 Å². The lowest BCUT2D eigenvalue weighted by Gasteiger charge is -2.08. The summed E-state index contributed by atoms with van der Waals surface area (Å²) in [5.74, 6) is 0.908. The van der Waals surface area contributed by atoms with Crippen LogP contribution >= 0.6 is 11.6 Å². The number of fused-ring (bicyclic) bond motifs is 1. The van der Waals surface area contributed by atoms with Crippen LogP contribution in [0.15, 0.2) is 29.4 Å². The molecule has 2 heterocycles. The third-order valence-electron chi connectivity index (χ3n) is 3.32.